The van der Waals surface area contributed by atoms with Gasteiger partial charge in [0.05, 0.1) is 24.2 Å². The van der Waals surface area contributed by atoms with Crippen molar-refractivity contribution in [1.29, 1.82) is 5.26 Å². The first kappa shape index (κ1) is 21.2. The third-order valence-electron chi connectivity index (χ3n) is 5.46. The Kier molecular flexibility index (Phi) is 6.39. The lowest BCUT2D eigenvalue weighted by molar-refractivity contribution is -0.111. The molecule has 1 fully saturated rings. The maximum Gasteiger partial charge on any atom is 0.410 e. The molecule has 9 heteroatoms. The molecule has 8 nitrogen and oxygen atoms in total. The number of rotatable bonds is 4. The molecule has 0 saturated carbocycles. The third-order valence-corrected chi connectivity index (χ3v) is 6.63. The van der Waals surface area contributed by atoms with Crippen LogP contribution in [0.2, 0.25) is 0 Å². The van der Waals surface area contributed by atoms with Crippen molar-refractivity contribution in [2.45, 2.75) is 44.3 Å². The highest BCUT2D eigenvalue weighted by Gasteiger charge is 2.30. The van der Waals surface area contributed by atoms with Crippen LogP contribution in [-0.2, 0) is 22.4 Å². The van der Waals surface area contributed by atoms with Crippen molar-refractivity contribution in [1.82, 2.24) is 4.90 Å². The molecule has 1 aliphatic heterocycles. The maximum absolute atomic E-state index is 12.4. The van der Waals surface area contributed by atoms with Crippen LogP contribution in [0.3, 0.4) is 0 Å². The summed E-state index contributed by atoms with van der Waals surface area (Å²) in [4.78, 5) is 27.2. The molecule has 31 heavy (non-hydrogen) atoms. The van der Waals surface area contributed by atoms with Crippen molar-refractivity contribution in [2.75, 3.05) is 18.4 Å². The van der Waals surface area contributed by atoms with E-state index in [0.717, 1.165) is 22.4 Å². The zero-order chi connectivity index (χ0) is 21.8. The fourth-order valence-electron chi connectivity index (χ4n) is 3.90. The lowest BCUT2D eigenvalue weighted by Crippen LogP contribution is -2.44. The number of anilines is 1. The number of nitrogens with zero attached hydrogens (tertiary/aromatic N) is 2. The first-order chi connectivity index (χ1) is 15.0. The van der Waals surface area contributed by atoms with Crippen molar-refractivity contribution < 1.29 is 23.8 Å². The van der Waals surface area contributed by atoms with E-state index in [9.17, 15) is 20.0 Å². The van der Waals surface area contributed by atoms with Gasteiger partial charge in [0, 0.05) is 36.0 Å². The molecular weight excluding hydrogens is 418 g/mol. The minimum absolute atomic E-state index is 0.284. The van der Waals surface area contributed by atoms with Crippen LogP contribution in [0.25, 0.3) is 6.08 Å². The summed E-state index contributed by atoms with van der Waals surface area (Å²) < 4.78 is 10.6. The van der Waals surface area contributed by atoms with Gasteiger partial charge in [-0.25, -0.2) is 4.79 Å². The first-order valence-corrected chi connectivity index (χ1v) is 11.0. The second kappa shape index (κ2) is 9.37. The van der Waals surface area contributed by atoms with Gasteiger partial charge < -0.3 is 24.5 Å². The minimum Gasteiger partial charge on any atom is -0.472 e. The Morgan fingerprint density at radius 3 is 3.03 bits per heavy atom. The number of carbonyl (C=O) groups excluding carboxylic acids is 2. The number of fused-ring (bicyclic) bond motifs is 1. The van der Waals surface area contributed by atoms with E-state index in [-0.39, 0.29) is 12.0 Å². The molecular formula is C22H23N3O5S. The minimum atomic E-state index is -0.497. The molecule has 2 aromatic heterocycles. The quantitative estimate of drug-likeness (QED) is 0.703. The van der Waals surface area contributed by atoms with E-state index >= 15 is 0 Å². The Bertz CT molecular complexity index is 1020. The molecule has 2 atom stereocenters. The molecule has 1 aliphatic carbocycles. The number of furan rings is 1. The molecule has 3 heterocycles. The summed E-state index contributed by atoms with van der Waals surface area (Å²) in [6, 6.07) is 3.94. The van der Waals surface area contributed by atoms with E-state index in [1.54, 1.807) is 17.0 Å². The van der Waals surface area contributed by atoms with Crippen molar-refractivity contribution in [3.63, 3.8) is 0 Å². The van der Waals surface area contributed by atoms with E-state index in [2.05, 4.69) is 11.4 Å². The molecule has 4 rings (SSSR count). The lowest BCUT2D eigenvalue weighted by Gasteiger charge is -2.31. The number of carbonyl (C=O) groups is 2. The van der Waals surface area contributed by atoms with Gasteiger partial charge in [-0.2, -0.15) is 5.26 Å². The van der Waals surface area contributed by atoms with Gasteiger partial charge in [-0.3, -0.25) is 4.79 Å². The van der Waals surface area contributed by atoms with Crippen molar-refractivity contribution in [3.05, 3.63) is 46.2 Å². The number of likely N-dealkylation sites (tertiary alicyclic amines) is 1. The van der Waals surface area contributed by atoms with Crippen molar-refractivity contribution in [3.8, 4) is 6.07 Å². The van der Waals surface area contributed by atoms with Crippen molar-refractivity contribution in [2.24, 2.45) is 0 Å². The van der Waals surface area contributed by atoms with Gasteiger partial charge >= 0.3 is 6.09 Å². The number of aliphatic hydroxyl groups is 1. The number of aliphatic hydroxyl groups excluding tert-OH is 1. The first-order valence-electron chi connectivity index (χ1n) is 10.2. The topological polar surface area (TPSA) is 116 Å². The lowest BCUT2D eigenvalue weighted by atomic mass is 9.94. The zero-order valence-electron chi connectivity index (χ0n) is 16.9. The number of nitriles is 1. The van der Waals surface area contributed by atoms with Gasteiger partial charge in [0.1, 0.15) is 17.2 Å². The number of nitrogens with one attached hydrogen (secondary N) is 1. The second-order valence-corrected chi connectivity index (χ2v) is 8.79. The van der Waals surface area contributed by atoms with E-state index in [1.165, 1.54) is 29.9 Å². The largest absolute Gasteiger partial charge is 0.472 e. The molecule has 2 aliphatic rings. The predicted octanol–water partition coefficient (Wildman–Crippen LogP) is 3.32. The number of β-amino-alcohol motifs (C(OH)–C–C–N with tert-alkyl or cyclic N) is 1. The van der Waals surface area contributed by atoms with Gasteiger partial charge in [-0.15, -0.1) is 11.3 Å². The van der Waals surface area contributed by atoms with Crippen molar-refractivity contribution >= 4 is 34.4 Å². The maximum atomic E-state index is 12.4. The Morgan fingerprint density at radius 1 is 1.42 bits per heavy atom. The highest BCUT2D eigenvalue weighted by Crippen LogP contribution is 2.38. The van der Waals surface area contributed by atoms with E-state index in [4.69, 9.17) is 9.15 Å². The van der Waals surface area contributed by atoms with Crippen LogP contribution in [-0.4, -0.2) is 47.3 Å². The molecule has 2 aromatic rings. The van der Waals surface area contributed by atoms with Crippen LogP contribution in [0.15, 0.2) is 29.1 Å². The Balaban J connectivity index is 1.40. The predicted molar refractivity (Wildman–Crippen MR) is 115 cm³/mol. The number of piperidine rings is 1. The molecule has 0 radical (unpaired) electrons. The monoisotopic (exact) mass is 441 g/mol. The molecule has 2 amide bonds. The van der Waals surface area contributed by atoms with E-state index < -0.39 is 12.2 Å². The summed E-state index contributed by atoms with van der Waals surface area (Å²) in [5.74, 6) is -0.331. The fraction of sp³-hybridized carbons (Fsp3) is 0.409. The summed E-state index contributed by atoms with van der Waals surface area (Å²) >= 11 is 1.35. The summed E-state index contributed by atoms with van der Waals surface area (Å²) in [5.41, 5.74) is 2.17. The molecule has 0 aromatic carbocycles. The zero-order valence-corrected chi connectivity index (χ0v) is 17.7. The third kappa shape index (κ3) is 4.98. The molecule has 2 N–H and O–H groups in total. The van der Waals surface area contributed by atoms with Crippen LogP contribution >= 0.6 is 11.3 Å². The number of ether oxygens (including phenoxy) is 1. The molecule has 162 valence electrons. The summed E-state index contributed by atoms with van der Waals surface area (Å²) in [6.45, 7) is 0.894. The Hall–Kier alpha value is -3.09. The standard InChI is InChI=1S/C22H23N3O5S/c23-11-18-17-5-4-16(30-22(28)25-8-1-2-15(26)12-25)10-19(17)31-21(18)24-20(27)6-3-14-7-9-29-13-14/h3,6-7,9,13,15-16,26H,1-2,4-5,8,10,12H2,(H,24,27). The van der Waals surface area contributed by atoms with Gasteiger partial charge in [0.25, 0.3) is 0 Å². The smallest absolute Gasteiger partial charge is 0.410 e. The number of hydrogen-bond acceptors (Lipinski definition) is 7. The summed E-state index contributed by atoms with van der Waals surface area (Å²) in [5, 5.41) is 22.7. The van der Waals surface area contributed by atoms with Gasteiger partial charge in [-0.05, 0) is 43.4 Å². The van der Waals surface area contributed by atoms with Crippen LogP contribution in [0.5, 0.6) is 0 Å². The average Bonchev–Trinajstić information content (AvgIpc) is 3.39. The summed E-state index contributed by atoms with van der Waals surface area (Å²) in [6.07, 6.45) is 8.10. The van der Waals surface area contributed by atoms with Gasteiger partial charge in [0.15, 0.2) is 0 Å². The highest BCUT2D eigenvalue weighted by molar-refractivity contribution is 7.16. The number of thiophene rings is 1. The average molecular weight is 442 g/mol. The van der Waals surface area contributed by atoms with Crippen LogP contribution in [0, 0.1) is 11.3 Å². The molecule has 0 bridgehead atoms. The summed E-state index contributed by atoms with van der Waals surface area (Å²) in [7, 11) is 0. The second-order valence-electron chi connectivity index (χ2n) is 7.69. The van der Waals surface area contributed by atoms with Crippen LogP contribution < -0.4 is 5.32 Å². The molecule has 1 saturated heterocycles. The fourth-order valence-corrected chi connectivity index (χ4v) is 5.16. The molecule has 2 unspecified atom stereocenters. The normalized spacial score (nSPS) is 20.8. The molecule has 0 spiro atoms. The van der Waals surface area contributed by atoms with Gasteiger partial charge in [0.2, 0.25) is 5.91 Å². The van der Waals surface area contributed by atoms with Gasteiger partial charge in [-0.1, -0.05) is 0 Å². The Labute approximate surface area is 183 Å². The Morgan fingerprint density at radius 2 is 2.29 bits per heavy atom. The van der Waals surface area contributed by atoms with E-state index in [0.29, 0.717) is 49.3 Å². The SMILES string of the molecule is N#Cc1c(NC(=O)C=Cc2ccoc2)sc2c1CCC(OC(=O)N1CCCC(O)C1)C2. The van der Waals surface area contributed by atoms with E-state index in [1.807, 2.05) is 0 Å². The van der Waals surface area contributed by atoms with Crippen LogP contribution in [0.1, 0.15) is 40.8 Å². The highest BCUT2D eigenvalue weighted by atomic mass is 32.1. The number of hydrogen-bond donors (Lipinski definition) is 2. The number of amides is 2. The van der Waals surface area contributed by atoms with Crippen LogP contribution in [0.4, 0.5) is 9.80 Å².